The monoisotopic (exact) mass is 590 g/mol. The Morgan fingerprint density at radius 2 is 1.77 bits per heavy atom. The quantitative estimate of drug-likeness (QED) is 0.187. The van der Waals surface area contributed by atoms with E-state index in [-0.39, 0.29) is 18.8 Å². The van der Waals surface area contributed by atoms with Crippen LogP contribution in [0.4, 0.5) is 14.5 Å². The van der Waals surface area contributed by atoms with Crippen LogP contribution in [0.2, 0.25) is 0 Å². The standard InChI is InChI=1S/C34H40F2N4O3/c1-39(2)11-4-12-40(3)28-5-7-30(25(18-28)15-23-9-13-42-14-10-23)34(41)21-33-31-20-29(6-8-32(31)37-38-33)43-22-24-16-26(35)19-27(36)17-24/h5-8,16-20,23H,4,9-15,21-22H2,1-3H3,(H,37,38). The van der Waals surface area contributed by atoms with Crippen LogP contribution < -0.4 is 9.64 Å². The molecule has 0 radical (unpaired) electrons. The van der Waals surface area contributed by atoms with Gasteiger partial charge in [0.25, 0.3) is 0 Å². The van der Waals surface area contributed by atoms with Gasteiger partial charge in [-0.05, 0) is 112 Å². The molecule has 0 aliphatic carbocycles. The largest absolute Gasteiger partial charge is 0.489 e. The number of anilines is 1. The number of carbonyl (C=O) groups is 1. The highest BCUT2D eigenvalue weighted by molar-refractivity contribution is 6.01. The topological polar surface area (TPSA) is 70.7 Å². The Labute approximate surface area is 251 Å². The normalized spacial score (nSPS) is 14.0. The second-order valence-corrected chi connectivity index (χ2v) is 11.7. The summed E-state index contributed by atoms with van der Waals surface area (Å²) in [6.07, 6.45) is 4.04. The van der Waals surface area contributed by atoms with E-state index >= 15 is 0 Å². The van der Waals surface area contributed by atoms with Crippen molar-refractivity contribution in [2.45, 2.75) is 38.7 Å². The molecule has 5 rings (SSSR count). The number of H-pyrrole nitrogens is 1. The van der Waals surface area contributed by atoms with Gasteiger partial charge in [0.05, 0.1) is 17.6 Å². The van der Waals surface area contributed by atoms with Crippen molar-refractivity contribution in [2.24, 2.45) is 5.92 Å². The Bertz CT molecular complexity index is 1530. The third-order valence-corrected chi connectivity index (χ3v) is 8.05. The summed E-state index contributed by atoms with van der Waals surface area (Å²) >= 11 is 0. The minimum atomic E-state index is -0.648. The molecule has 2 heterocycles. The number of rotatable bonds is 13. The Hall–Kier alpha value is -3.82. The molecule has 3 aromatic carbocycles. The van der Waals surface area contributed by atoms with Gasteiger partial charge in [0.2, 0.25) is 0 Å². The molecule has 1 aromatic heterocycles. The van der Waals surface area contributed by atoms with Crippen LogP contribution in [0, 0.1) is 17.6 Å². The lowest BCUT2D eigenvalue weighted by molar-refractivity contribution is 0.0664. The maximum atomic E-state index is 13.8. The number of hydrogen-bond donors (Lipinski definition) is 1. The van der Waals surface area contributed by atoms with E-state index in [0.717, 1.165) is 80.3 Å². The fourth-order valence-electron chi connectivity index (χ4n) is 5.66. The number of Topliss-reactive ketones (excluding diaryl/α,β-unsaturated/α-hetero) is 1. The van der Waals surface area contributed by atoms with Gasteiger partial charge in [-0.25, -0.2) is 8.78 Å². The van der Waals surface area contributed by atoms with E-state index in [1.165, 1.54) is 12.1 Å². The van der Waals surface area contributed by atoms with Crippen LogP contribution >= 0.6 is 0 Å². The molecule has 0 saturated carbocycles. The van der Waals surface area contributed by atoms with Crippen molar-refractivity contribution >= 4 is 22.4 Å². The Morgan fingerprint density at radius 1 is 1.00 bits per heavy atom. The molecule has 43 heavy (non-hydrogen) atoms. The number of carbonyl (C=O) groups excluding carboxylic acids is 1. The Balaban J connectivity index is 1.34. The molecule has 0 bridgehead atoms. The first-order chi connectivity index (χ1) is 20.7. The van der Waals surface area contributed by atoms with Gasteiger partial charge >= 0.3 is 0 Å². The SMILES string of the molecule is CN(C)CCCN(C)c1ccc(C(=O)Cc2[nH]nc3ccc(OCc4cc(F)cc(F)c4)cc23)c(CC2CCOCC2)c1. The lowest BCUT2D eigenvalue weighted by Gasteiger charge is -2.25. The van der Waals surface area contributed by atoms with Crippen molar-refractivity contribution in [3.8, 4) is 5.75 Å². The van der Waals surface area contributed by atoms with Gasteiger partial charge in [-0.3, -0.25) is 9.89 Å². The first-order valence-electron chi connectivity index (χ1n) is 14.9. The molecule has 0 unspecified atom stereocenters. The summed E-state index contributed by atoms with van der Waals surface area (Å²) in [6, 6.07) is 14.9. The Kier molecular flexibility index (Phi) is 10.0. The van der Waals surface area contributed by atoms with Gasteiger partial charge in [0, 0.05) is 49.5 Å². The number of ketones is 1. The smallest absolute Gasteiger partial charge is 0.169 e. The molecule has 1 aliphatic rings. The molecule has 4 aromatic rings. The van der Waals surface area contributed by atoms with Crippen molar-refractivity contribution in [3.05, 3.63) is 88.6 Å². The third-order valence-electron chi connectivity index (χ3n) is 8.05. The highest BCUT2D eigenvalue weighted by atomic mass is 19.1. The molecule has 9 heteroatoms. The van der Waals surface area contributed by atoms with Crippen LogP contribution in [0.3, 0.4) is 0 Å². The van der Waals surface area contributed by atoms with Gasteiger partial charge in [-0.1, -0.05) is 0 Å². The highest BCUT2D eigenvalue weighted by Crippen LogP contribution is 2.29. The van der Waals surface area contributed by atoms with Crippen molar-refractivity contribution in [1.29, 1.82) is 0 Å². The molecule has 1 aliphatic heterocycles. The van der Waals surface area contributed by atoms with Crippen LogP contribution in [-0.2, 0) is 24.2 Å². The van der Waals surface area contributed by atoms with E-state index in [2.05, 4.69) is 47.2 Å². The molecule has 1 N–H and O–H groups in total. The number of fused-ring (bicyclic) bond motifs is 1. The average molecular weight is 591 g/mol. The van der Waals surface area contributed by atoms with Crippen LogP contribution in [-0.4, -0.2) is 68.3 Å². The van der Waals surface area contributed by atoms with Gasteiger partial charge in [-0.15, -0.1) is 0 Å². The molecule has 0 spiro atoms. The fraction of sp³-hybridized carbons (Fsp3) is 0.412. The van der Waals surface area contributed by atoms with Crippen molar-refractivity contribution in [2.75, 3.05) is 52.3 Å². The van der Waals surface area contributed by atoms with E-state index in [1.54, 1.807) is 12.1 Å². The van der Waals surface area contributed by atoms with Crippen LogP contribution in [0.25, 0.3) is 10.9 Å². The minimum Gasteiger partial charge on any atom is -0.489 e. The molecular formula is C34H40F2N4O3. The zero-order valence-corrected chi connectivity index (χ0v) is 25.2. The predicted octanol–water partition coefficient (Wildman–Crippen LogP) is 6.20. The van der Waals surface area contributed by atoms with E-state index < -0.39 is 11.6 Å². The van der Waals surface area contributed by atoms with Gasteiger partial charge in [0.15, 0.2) is 5.78 Å². The second-order valence-electron chi connectivity index (χ2n) is 11.7. The number of aromatic nitrogens is 2. The molecule has 1 fully saturated rings. The number of nitrogens with zero attached hydrogens (tertiary/aromatic N) is 3. The molecule has 7 nitrogen and oxygen atoms in total. The number of aromatic amines is 1. The van der Waals surface area contributed by atoms with Crippen molar-refractivity contribution in [1.82, 2.24) is 15.1 Å². The summed E-state index contributed by atoms with van der Waals surface area (Å²) in [5.74, 6) is -0.270. The maximum Gasteiger partial charge on any atom is 0.169 e. The van der Waals surface area contributed by atoms with E-state index in [1.807, 2.05) is 18.2 Å². The van der Waals surface area contributed by atoms with Gasteiger partial charge in [0.1, 0.15) is 24.0 Å². The first-order valence-corrected chi connectivity index (χ1v) is 14.9. The Morgan fingerprint density at radius 3 is 2.51 bits per heavy atom. The van der Waals surface area contributed by atoms with Crippen LogP contribution in [0.15, 0.2) is 54.6 Å². The van der Waals surface area contributed by atoms with Crippen molar-refractivity contribution < 1.29 is 23.0 Å². The van der Waals surface area contributed by atoms with Gasteiger partial charge < -0.3 is 19.3 Å². The van der Waals surface area contributed by atoms with E-state index in [4.69, 9.17) is 9.47 Å². The van der Waals surface area contributed by atoms with E-state index in [0.29, 0.717) is 28.4 Å². The van der Waals surface area contributed by atoms with Crippen LogP contribution in [0.5, 0.6) is 5.75 Å². The number of halogens is 2. The molecule has 0 atom stereocenters. The summed E-state index contributed by atoms with van der Waals surface area (Å²) < 4.78 is 38.6. The summed E-state index contributed by atoms with van der Waals surface area (Å²) in [4.78, 5) is 18.3. The van der Waals surface area contributed by atoms with Gasteiger partial charge in [-0.2, -0.15) is 5.10 Å². The molecule has 1 saturated heterocycles. The summed E-state index contributed by atoms with van der Waals surface area (Å²) in [7, 11) is 6.27. The summed E-state index contributed by atoms with van der Waals surface area (Å²) in [5.41, 5.74) is 4.73. The second kappa shape index (κ2) is 14.1. The fourth-order valence-corrected chi connectivity index (χ4v) is 5.66. The average Bonchev–Trinajstić information content (AvgIpc) is 3.37. The predicted molar refractivity (Wildman–Crippen MR) is 165 cm³/mol. The zero-order valence-electron chi connectivity index (χ0n) is 25.2. The minimum absolute atomic E-state index is 0.0117. The lowest BCUT2D eigenvalue weighted by Crippen LogP contribution is -2.24. The number of benzene rings is 3. The molecule has 0 amide bonds. The lowest BCUT2D eigenvalue weighted by atomic mass is 9.88. The number of hydrogen-bond acceptors (Lipinski definition) is 6. The molecular weight excluding hydrogens is 550 g/mol. The van der Waals surface area contributed by atoms with Crippen LogP contribution in [0.1, 0.15) is 46.4 Å². The summed E-state index contributed by atoms with van der Waals surface area (Å²) in [5, 5.41) is 8.20. The third kappa shape index (κ3) is 8.18. The highest BCUT2D eigenvalue weighted by Gasteiger charge is 2.21. The first kappa shape index (κ1) is 30.6. The van der Waals surface area contributed by atoms with E-state index in [9.17, 15) is 13.6 Å². The summed E-state index contributed by atoms with van der Waals surface area (Å²) in [6.45, 7) is 3.48. The van der Waals surface area contributed by atoms with Crippen molar-refractivity contribution in [3.63, 3.8) is 0 Å². The maximum absolute atomic E-state index is 13.8. The number of nitrogens with one attached hydrogen (secondary N) is 1. The number of ether oxygens (including phenoxy) is 2. The molecule has 228 valence electrons. The zero-order chi connectivity index (χ0) is 30.3.